The second-order valence-electron chi connectivity index (χ2n) is 7.26. The van der Waals surface area contributed by atoms with Gasteiger partial charge in [-0.25, -0.2) is 9.18 Å². The van der Waals surface area contributed by atoms with E-state index in [0.717, 1.165) is 0 Å². The molecule has 31 heavy (non-hydrogen) atoms. The summed E-state index contributed by atoms with van der Waals surface area (Å²) in [6.07, 6.45) is 1.41. The Hall–Kier alpha value is -3.62. The minimum absolute atomic E-state index is 0.170. The van der Waals surface area contributed by atoms with E-state index in [-0.39, 0.29) is 17.8 Å². The fraction of sp³-hybridized carbons (Fsp3) is 0.318. The Morgan fingerprint density at radius 3 is 2.39 bits per heavy atom. The topological polar surface area (TPSA) is 99.8 Å². The number of carbonyl (C=O) groups is 3. The SMILES string of the molecule is COc1cccc(NC(=O)C(=O)NCC2CCN(C(=O)Nc3ccc(F)cc3)CC2)c1. The van der Waals surface area contributed by atoms with E-state index in [4.69, 9.17) is 4.74 Å². The number of halogens is 1. The molecule has 0 saturated carbocycles. The molecule has 8 nitrogen and oxygen atoms in total. The molecule has 0 atom stereocenters. The molecule has 1 fully saturated rings. The average Bonchev–Trinajstić information content (AvgIpc) is 2.79. The van der Waals surface area contributed by atoms with Gasteiger partial charge in [0.1, 0.15) is 11.6 Å². The molecule has 2 aromatic rings. The number of likely N-dealkylation sites (tertiary alicyclic amines) is 1. The molecule has 2 aromatic carbocycles. The number of methoxy groups -OCH3 is 1. The maximum atomic E-state index is 13.0. The van der Waals surface area contributed by atoms with E-state index < -0.39 is 11.8 Å². The van der Waals surface area contributed by atoms with Crippen molar-refractivity contribution in [2.75, 3.05) is 37.4 Å². The van der Waals surface area contributed by atoms with E-state index in [1.165, 1.54) is 31.4 Å². The minimum Gasteiger partial charge on any atom is -0.497 e. The molecule has 3 rings (SSSR count). The number of rotatable bonds is 5. The number of urea groups is 1. The van der Waals surface area contributed by atoms with Crippen molar-refractivity contribution in [3.63, 3.8) is 0 Å². The van der Waals surface area contributed by atoms with Gasteiger partial charge < -0.3 is 25.6 Å². The second-order valence-corrected chi connectivity index (χ2v) is 7.26. The number of hydrogen-bond acceptors (Lipinski definition) is 4. The third-order valence-corrected chi connectivity index (χ3v) is 5.08. The average molecular weight is 428 g/mol. The first kappa shape index (κ1) is 22.1. The number of ether oxygens (including phenoxy) is 1. The van der Waals surface area contributed by atoms with Gasteiger partial charge in [-0.1, -0.05) is 6.07 Å². The highest BCUT2D eigenvalue weighted by molar-refractivity contribution is 6.39. The molecule has 0 spiro atoms. The molecule has 3 N–H and O–H groups in total. The third-order valence-electron chi connectivity index (χ3n) is 5.08. The summed E-state index contributed by atoms with van der Waals surface area (Å²) in [5.41, 5.74) is 1.00. The molecule has 1 aliphatic heterocycles. The molecule has 0 bridgehead atoms. The number of amides is 4. The number of hydrogen-bond donors (Lipinski definition) is 3. The number of nitrogens with one attached hydrogen (secondary N) is 3. The van der Waals surface area contributed by atoms with Gasteiger partial charge in [-0.05, 0) is 55.2 Å². The quantitative estimate of drug-likeness (QED) is 0.638. The Morgan fingerprint density at radius 1 is 1.00 bits per heavy atom. The van der Waals surface area contributed by atoms with Gasteiger partial charge in [-0.15, -0.1) is 0 Å². The van der Waals surface area contributed by atoms with Crippen LogP contribution in [0.3, 0.4) is 0 Å². The number of anilines is 2. The summed E-state index contributed by atoms with van der Waals surface area (Å²) in [5, 5.41) is 7.93. The highest BCUT2D eigenvalue weighted by atomic mass is 19.1. The summed E-state index contributed by atoms with van der Waals surface area (Å²) < 4.78 is 18.0. The summed E-state index contributed by atoms with van der Waals surface area (Å²) >= 11 is 0. The summed E-state index contributed by atoms with van der Waals surface area (Å²) in [5.74, 6) is -1.07. The third kappa shape index (κ3) is 6.43. The molecule has 1 heterocycles. The molecule has 9 heteroatoms. The lowest BCUT2D eigenvalue weighted by atomic mass is 9.97. The van der Waals surface area contributed by atoms with E-state index in [9.17, 15) is 18.8 Å². The Morgan fingerprint density at radius 2 is 1.71 bits per heavy atom. The Balaban J connectivity index is 1.39. The van der Waals surface area contributed by atoms with Crippen molar-refractivity contribution in [2.24, 2.45) is 5.92 Å². The summed E-state index contributed by atoms with van der Waals surface area (Å²) in [6.45, 7) is 1.42. The van der Waals surface area contributed by atoms with E-state index in [1.807, 2.05) is 0 Å². The number of carbonyl (C=O) groups excluding carboxylic acids is 3. The monoisotopic (exact) mass is 428 g/mol. The largest absolute Gasteiger partial charge is 0.497 e. The normalized spacial score (nSPS) is 13.9. The first-order valence-corrected chi connectivity index (χ1v) is 9.99. The Labute approximate surface area is 179 Å². The van der Waals surface area contributed by atoms with Gasteiger partial charge in [0.25, 0.3) is 0 Å². The first-order valence-electron chi connectivity index (χ1n) is 9.99. The van der Waals surface area contributed by atoms with Crippen LogP contribution in [0.1, 0.15) is 12.8 Å². The summed E-state index contributed by atoms with van der Waals surface area (Å²) in [7, 11) is 1.52. The summed E-state index contributed by atoms with van der Waals surface area (Å²) in [4.78, 5) is 38.2. The van der Waals surface area contributed by atoms with Crippen LogP contribution in [0.25, 0.3) is 0 Å². The van der Waals surface area contributed by atoms with Crippen LogP contribution in [0, 0.1) is 11.7 Å². The van der Waals surface area contributed by atoms with Crippen LogP contribution < -0.4 is 20.7 Å². The first-order chi connectivity index (χ1) is 14.9. The zero-order valence-electron chi connectivity index (χ0n) is 17.2. The number of benzene rings is 2. The standard InChI is InChI=1S/C22H25FN4O4/c1-31-19-4-2-3-18(13-19)25-21(29)20(28)24-14-15-9-11-27(12-10-15)22(30)26-17-7-5-16(23)6-8-17/h2-8,13,15H,9-12,14H2,1H3,(H,24,28)(H,25,29)(H,26,30). The predicted molar refractivity (Wildman–Crippen MR) is 114 cm³/mol. The fourth-order valence-corrected chi connectivity index (χ4v) is 3.28. The minimum atomic E-state index is -0.746. The molecule has 0 radical (unpaired) electrons. The van der Waals surface area contributed by atoms with Crippen molar-refractivity contribution in [3.8, 4) is 5.75 Å². The van der Waals surface area contributed by atoms with E-state index >= 15 is 0 Å². The van der Waals surface area contributed by atoms with Crippen LogP contribution in [0.15, 0.2) is 48.5 Å². The van der Waals surface area contributed by atoms with Gasteiger partial charge in [-0.2, -0.15) is 0 Å². The van der Waals surface area contributed by atoms with Crippen LogP contribution in [0.5, 0.6) is 5.75 Å². The van der Waals surface area contributed by atoms with E-state index in [2.05, 4.69) is 16.0 Å². The molecule has 4 amide bonds. The lowest BCUT2D eigenvalue weighted by Crippen LogP contribution is -2.44. The van der Waals surface area contributed by atoms with Crippen molar-refractivity contribution in [1.29, 1.82) is 0 Å². The van der Waals surface area contributed by atoms with Gasteiger partial charge in [0, 0.05) is 37.1 Å². The van der Waals surface area contributed by atoms with Crippen LogP contribution in [0.4, 0.5) is 20.6 Å². The van der Waals surface area contributed by atoms with Crippen LogP contribution >= 0.6 is 0 Å². The summed E-state index contributed by atoms with van der Waals surface area (Å²) in [6, 6.07) is 12.1. The zero-order chi connectivity index (χ0) is 22.2. The maximum Gasteiger partial charge on any atom is 0.321 e. The van der Waals surface area contributed by atoms with E-state index in [0.29, 0.717) is 49.6 Å². The molecule has 0 aromatic heterocycles. The Bertz CT molecular complexity index is 927. The van der Waals surface area contributed by atoms with Crippen LogP contribution in [-0.4, -0.2) is 49.5 Å². The van der Waals surface area contributed by atoms with Crippen molar-refractivity contribution >= 4 is 29.2 Å². The van der Waals surface area contributed by atoms with Gasteiger partial charge in [-0.3, -0.25) is 9.59 Å². The molecular weight excluding hydrogens is 403 g/mol. The molecular formula is C22H25FN4O4. The van der Waals surface area contributed by atoms with Crippen molar-refractivity contribution in [3.05, 3.63) is 54.3 Å². The van der Waals surface area contributed by atoms with Crippen molar-refractivity contribution in [1.82, 2.24) is 10.2 Å². The predicted octanol–water partition coefficient (Wildman–Crippen LogP) is 2.83. The van der Waals surface area contributed by atoms with Crippen molar-refractivity contribution < 1.29 is 23.5 Å². The van der Waals surface area contributed by atoms with E-state index in [1.54, 1.807) is 29.2 Å². The highest BCUT2D eigenvalue weighted by Gasteiger charge is 2.24. The fourth-order valence-electron chi connectivity index (χ4n) is 3.28. The number of piperidine rings is 1. The maximum absolute atomic E-state index is 13.0. The molecule has 0 unspecified atom stereocenters. The van der Waals surface area contributed by atoms with Crippen molar-refractivity contribution in [2.45, 2.75) is 12.8 Å². The van der Waals surface area contributed by atoms with Gasteiger partial charge in [0.05, 0.1) is 7.11 Å². The molecule has 164 valence electrons. The molecule has 0 aliphatic carbocycles. The van der Waals surface area contributed by atoms with Crippen LogP contribution in [-0.2, 0) is 9.59 Å². The Kier molecular flexibility index (Phi) is 7.42. The lowest BCUT2D eigenvalue weighted by Gasteiger charge is -2.32. The second kappa shape index (κ2) is 10.4. The zero-order valence-corrected chi connectivity index (χ0v) is 17.2. The molecule has 1 aliphatic rings. The van der Waals surface area contributed by atoms with Gasteiger partial charge in [0.15, 0.2) is 0 Å². The van der Waals surface area contributed by atoms with Gasteiger partial charge in [0.2, 0.25) is 0 Å². The van der Waals surface area contributed by atoms with Crippen LogP contribution in [0.2, 0.25) is 0 Å². The number of nitrogens with zero attached hydrogens (tertiary/aromatic N) is 1. The highest BCUT2D eigenvalue weighted by Crippen LogP contribution is 2.19. The lowest BCUT2D eigenvalue weighted by molar-refractivity contribution is -0.136. The van der Waals surface area contributed by atoms with Gasteiger partial charge >= 0.3 is 17.8 Å². The smallest absolute Gasteiger partial charge is 0.321 e. The molecule has 1 saturated heterocycles.